The Morgan fingerprint density at radius 3 is 2.59 bits per heavy atom. The van der Waals surface area contributed by atoms with Gasteiger partial charge in [-0.05, 0) is 36.8 Å². The molecule has 0 aliphatic heterocycles. The highest BCUT2D eigenvalue weighted by atomic mass is 32.2. The fourth-order valence-corrected chi connectivity index (χ4v) is 2.67. The number of nitriles is 1. The summed E-state index contributed by atoms with van der Waals surface area (Å²) in [7, 11) is 0. The molecule has 0 saturated heterocycles. The molecule has 5 heteroatoms. The van der Waals surface area contributed by atoms with Crippen LogP contribution in [0, 0.1) is 17.1 Å². The molecule has 1 atom stereocenters. The first-order valence-electron chi connectivity index (χ1n) is 6.77. The van der Waals surface area contributed by atoms with Crippen LogP contribution in [0.5, 0.6) is 0 Å². The maximum atomic E-state index is 13.5. The highest BCUT2D eigenvalue weighted by Gasteiger charge is 2.11. The topological polar surface area (TPSA) is 52.9 Å². The second-order valence-electron chi connectivity index (χ2n) is 4.74. The minimum absolute atomic E-state index is 0.154. The summed E-state index contributed by atoms with van der Waals surface area (Å²) in [6.45, 7) is 1.87. The summed E-state index contributed by atoms with van der Waals surface area (Å²) in [6.07, 6.45) is 0. The van der Waals surface area contributed by atoms with Crippen molar-refractivity contribution in [2.45, 2.75) is 17.9 Å². The van der Waals surface area contributed by atoms with Crippen molar-refractivity contribution in [3.63, 3.8) is 0 Å². The van der Waals surface area contributed by atoms with Gasteiger partial charge in [-0.2, -0.15) is 5.26 Å². The molecule has 2 aromatic rings. The summed E-state index contributed by atoms with van der Waals surface area (Å²) in [6, 6.07) is 15.3. The van der Waals surface area contributed by atoms with E-state index in [1.807, 2.05) is 19.1 Å². The van der Waals surface area contributed by atoms with Crippen molar-refractivity contribution in [1.82, 2.24) is 5.32 Å². The van der Waals surface area contributed by atoms with Gasteiger partial charge in [-0.15, -0.1) is 11.8 Å². The summed E-state index contributed by atoms with van der Waals surface area (Å²) in [4.78, 5) is 12.4. The van der Waals surface area contributed by atoms with Gasteiger partial charge in [0.05, 0.1) is 23.4 Å². The van der Waals surface area contributed by atoms with Crippen LogP contribution in [-0.4, -0.2) is 11.7 Å². The zero-order chi connectivity index (χ0) is 15.9. The molecule has 0 aliphatic rings. The molecule has 1 unspecified atom stereocenters. The fraction of sp³-hybridized carbons (Fsp3) is 0.176. The molecule has 2 rings (SSSR count). The highest BCUT2D eigenvalue weighted by molar-refractivity contribution is 8.00. The van der Waals surface area contributed by atoms with Crippen LogP contribution in [0.15, 0.2) is 53.4 Å². The van der Waals surface area contributed by atoms with E-state index in [0.717, 1.165) is 5.56 Å². The molecule has 1 amide bonds. The minimum atomic E-state index is -0.319. The van der Waals surface area contributed by atoms with Gasteiger partial charge in [-0.3, -0.25) is 4.79 Å². The first-order valence-corrected chi connectivity index (χ1v) is 7.75. The predicted molar refractivity (Wildman–Crippen MR) is 84.8 cm³/mol. The quantitative estimate of drug-likeness (QED) is 0.857. The molecular formula is C17H15FN2OS. The number of amides is 1. The predicted octanol–water partition coefficient (Wildman–Crippen LogP) is 3.67. The summed E-state index contributed by atoms with van der Waals surface area (Å²) in [5, 5.41) is 11.6. The fourth-order valence-electron chi connectivity index (χ4n) is 1.92. The van der Waals surface area contributed by atoms with Gasteiger partial charge < -0.3 is 5.32 Å². The zero-order valence-electron chi connectivity index (χ0n) is 12.0. The SMILES string of the molecule is CC(NC(=O)CSc1ccccc1F)c1ccc(C#N)cc1. The van der Waals surface area contributed by atoms with Crippen molar-refractivity contribution in [3.05, 3.63) is 65.5 Å². The second-order valence-corrected chi connectivity index (χ2v) is 5.76. The molecule has 0 spiro atoms. The third-order valence-electron chi connectivity index (χ3n) is 3.11. The monoisotopic (exact) mass is 314 g/mol. The van der Waals surface area contributed by atoms with Crippen LogP contribution in [-0.2, 0) is 4.79 Å². The lowest BCUT2D eigenvalue weighted by molar-refractivity contribution is -0.119. The van der Waals surface area contributed by atoms with Gasteiger partial charge in [0.15, 0.2) is 0 Å². The van der Waals surface area contributed by atoms with E-state index in [9.17, 15) is 9.18 Å². The van der Waals surface area contributed by atoms with Gasteiger partial charge in [0.25, 0.3) is 0 Å². The normalized spacial score (nSPS) is 11.5. The largest absolute Gasteiger partial charge is 0.349 e. The third kappa shape index (κ3) is 4.34. The Kier molecular flexibility index (Phi) is 5.56. The average Bonchev–Trinajstić information content (AvgIpc) is 2.54. The van der Waals surface area contributed by atoms with Crippen molar-refractivity contribution in [1.29, 1.82) is 5.26 Å². The van der Waals surface area contributed by atoms with Crippen LogP contribution < -0.4 is 5.32 Å². The molecule has 2 aromatic carbocycles. The summed E-state index contributed by atoms with van der Waals surface area (Å²) in [5.41, 5.74) is 1.50. The number of nitrogens with zero attached hydrogens (tertiary/aromatic N) is 1. The molecule has 0 aromatic heterocycles. The van der Waals surface area contributed by atoms with Crippen LogP contribution >= 0.6 is 11.8 Å². The van der Waals surface area contributed by atoms with Crippen LogP contribution in [0.4, 0.5) is 4.39 Å². The Hall–Kier alpha value is -2.32. The molecule has 0 heterocycles. The number of hydrogen-bond donors (Lipinski definition) is 1. The number of nitrogens with one attached hydrogen (secondary N) is 1. The van der Waals surface area contributed by atoms with E-state index in [-0.39, 0.29) is 23.5 Å². The highest BCUT2D eigenvalue weighted by Crippen LogP contribution is 2.21. The van der Waals surface area contributed by atoms with E-state index in [4.69, 9.17) is 5.26 Å². The van der Waals surface area contributed by atoms with Gasteiger partial charge in [0, 0.05) is 4.90 Å². The van der Waals surface area contributed by atoms with Gasteiger partial charge in [0.2, 0.25) is 5.91 Å². The molecule has 0 aliphatic carbocycles. The molecule has 22 heavy (non-hydrogen) atoms. The Balaban J connectivity index is 1.88. The Morgan fingerprint density at radius 2 is 1.95 bits per heavy atom. The lowest BCUT2D eigenvalue weighted by Crippen LogP contribution is -2.28. The number of hydrogen-bond acceptors (Lipinski definition) is 3. The Labute approximate surface area is 133 Å². The number of rotatable bonds is 5. The molecule has 3 nitrogen and oxygen atoms in total. The second kappa shape index (κ2) is 7.62. The molecule has 1 N–H and O–H groups in total. The molecule has 0 bridgehead atoms. The van der Waals surface area contributed by atoms with Crippen molar-refractivity contribution < 1.29 is 9.18 Å². The molecule has 0 saturated carbocycles. The Bertz CT molecular complexity index is 695. The van der Waals surface area contributed by atoms with E-state index in [1.54, 1.807) is 30.3 Å². The van der Waals surface area contributed by atoms with Crippen LogP contribution in [0.3, 0.4) is 0 Å². The number of carbonyl (C=O) groups excluding carboxylic acids is 1. The molecule has 0 fully saturated rings. The molecule has 112 valence electrons. The van der Waals surface area contributed by atoms with Gasteiger partial charge in [0.1, 0.15) is 5.82 Å². The minimum Gasteiger partial charge on any atom is -0.349 e. The Morgan fingerprint density at radius 1 is 1.27 bits per heavy atom. The van der Waals surface area contributed by atoms with Crippen molar-refractivity contribution in [3.8, 4) is 6.07 Å². The van der Waals surface area contributed by atoms with Crippen LogP contribution in [0.1, 0.15) is 24.1 Å². The van der Waals surface area contributed by atoms with Crippen LogP contribution in [0.2, 0.25) is 0 Å². The van der Waals surface area contributed by atoms with Gasteiger partial charge in [-0.25, -0.2) is 4.39 Å². The van der Waals surface area contributed by atoms with Crippen molar-refractivity contribution in [2.75, 3.05) is 5.75 Å². The lowest BCUT2D eigenvalue weighted by Gasteiger charge is -2.14. The third-order valence-corrected chi connectivity index (χ3v) is 4.16. The number of benzene rings is 2. The van der Waals surface area contributed by atoms with Gasteiger partial charge in [-0.1, -0.05) is 24.3 Å². The maximum absolute atomic E-state index is 13.5. The summed E-state index contributed by atoms with van der Waals surface area (Å²) < 4.78 is 13.5. The smallest absolute Gasteiger partial charge is 0.230 e. The first-order chi connectivity index (χ1) is 10.6. The number of thioether (sulfide) groups is 1. The lowest BCUT2D eigenvalue weighted by atomic mass is 10.1. The van der Waals surface area contributed by atoms with Gasteiger partial charge >= 0.3 is 0 Å². The van der Waals surface area contributed by atoms with Crippen molar-refractivity contribution in [2.24, 2.45) is 0 Å². The van der Waals surface area contributed by atoms with Crippen LogP contribution in [0.25, 0.3) is 0 Å². The van der Waals surface area contributed by atoms with E-state index >= 15 is 0 Å². The average molecular weight is 314 g/mol. The van der Waals surface area contributed by atoms with E-state index in [2.05, 4.69) is 11.4 Å². The summed E-state index contributed by atoms with van der Waals surface area (Å²) in [5.74, 6) is -0.327. The zero-order valence-corrected chi connectivity index (χ0v) is 12.9. The summed E-state index contributed by atoms with van der Waals surface area (Å²) >= 11 is 1.17. The standard InChI is InChI=1S/C17H15FN2OS/c1-12(14-8-6-13(10-19)7-9-14)20-17(21)11-22-16-5-3-2-4-15(16)18/h2-9,12H,11H2,1H3,(H,20,21). The van der Waals surface area contributed by atoms with E-state index in [0.29, 0.717) is 10.5 Å². The first kappa shape index (κ1) is 16.1. The molecular weight excluding hydrogens is 299 g/mol. The van der Waals surface area contributed by atoms with E-state index < -0.39 is 0 Å². The number of carbonyl (C=O) groups is 1. The van der Waals surface area contributed by atoms with E-state index in [1.165, 1.54) is 17.8 Å². The van der Waals surface area contributed by atoms with Crippen molar-refractivity contribution >= 4 is 17.7 Å². The molecule has 0 radical (unpaired) electrons. The number of halogens is 1. The maximum Gasteiger partial charge on any atom is 0.230 e.